The molecule has 206 valence electrons. The summed E-state index contributed by atoms with van der Waals surface area (Å²) >= 11 is 0. The molecule has 5 rings (SSSR count). The van der Waals surface area contributed by atoms with Crippen LogP contribution in [0.3, 0.4) is 0 Å². The number of hydrogen-bond donors (Lipinski definition) is 0. The van der Waals surface area contributed by atoms with Crippen LogP contribution in [0.4, 0.5) is 0 Å². The van der Waals surface area contributed by atoms with Gasteiger partial charge in [0.1, 0.15) is 0 Å². The summed E-state index contributed by atoms with van der Waals surface area (Å²) in [5, 5.41) is 0. The van der Waals surface area contributed by atoms with Crippen LogP contribution < -0.4 is 0 Å². The molecule has 0 aromatic heterocycles. The average Bonchev–Trinajstić information content (AvgIpc) is 2.89. The van der Waals surface area contributed by atoms with Crippen LogP contribution in [0.2, 0.25) is 0 Å². The molecule has 0 atom stereocenters. The summed E-state index contributed by atoms with van der Waals surface area (Å²) in [5.41, 5.74) is 15.8. The second-order valence-corrected chi connectivity index (χ2v) is 10.1. The predicted molar refractivity (Wildman–Crippen MR) is 159 cm³/mol. The smallest absolute Gasteiger partial charge is 0 e. The van der Waals surface area contributed by atoms with Gasteiger partial charge in [0.2, 0.25) is 0 Å². The van der Waals surface area contributed by atoms with Crippen LogP contribution in [-0.2, 0) is 6.42 Å². The van der Waals surface area contributed by atoms with Crippen molar-refractivity contribution >= 4 is 0 Å². The molecule has 5 aromatic rings. The van der Waals surface area contributed by atoms with Crippen LogP contribution in [0.15, 0.2) is 97.1 Å². The third-order valence-corrected chi connectivity index (χ3v) is 7.15. The van der Waals surface area contributed by atoms with Gasteiger partial charge in [0.05, 0.1) is 0 Å². The van der Waals surface area contributed by atoms with Crippen LogP contribution in [0.5, 0.6) is 0 Å². The zero-order valence-corrected chi connectivity index (χ0v) is 36.2. The minimum Gasteiger partial charge on any atom is -0.184 e. The summed E-state index contributed by atoms with van der Waals surface area (Å²) < 4.78 is 0. The summed E-state index contributed by atoms with van der Waals surface area (Å²) in [7, 11) is 0. The van der Waals surface area contributed by atoms with E-state index in [2.05, 4.69) is 133 Å². The Labute approximate surface area is 378 Å². The third-order valence-electron chi connectivity index (χ3n) is 7.15. The van der Waals surface area contributed by atoms with Gasteiger partial charge in [-0.15, -0.1) is 5.56 Å². The zero-order chi connectivity index (χ0) is 26.4. The molecule has 0 aliphatic rings. The van der Waals surface area contributed by atoms with Gasteiger partial charge in [0.25, 0.3) is 0 Å². The third kappa shape index (κ3) is 13.0. The Morgan fingerprint density at radius 2 is 0.902 bits per heavy atom. The van der Waals surface area contributed by atoms with E-state index in [9.17, 15) is 0 Å². The van der Waals surface area contributed by atoms with Crippen molar-refractivity contribution in [3.63, 3.8) is 0 Å². The Bertz CT molecular complexity index is 1510. The molecule has 0 heterocycles. The van der Waals surface area contributed by atoms with Gasteiger partial charge in [-0.05, 0) is 91.1 Å². The van der Waals surface area contributed by atoms with Crippen LogP contribution in [-0.4, -0.2) is 0 Å². The Morgan fingerprint density at radius 3 is 1.37 bits per heavy atom. The Hall–Kier alpha value is 1.45. The van der Waals surface area contributed by atoms with Crippen molar-refractivity contribution in [2.75, 3.05) is 0 Å². The minimum atomic E-state index is 0. The molecule has 0 aliphatic heterocycles. The van der Waals surface area contributed by atoms with E-state index in [0.717, 1.165) is 6.42 Å². The standard InChI is InChI=1S/C22H21.C15H15.4Pm/c1-16-9-10-21(13-17(16)2)22-12-11-20(18(3)14-22)15-19-7-5-4-6-8-19;1-11-5-4-6-14(9-11)15-8-7-12(2)13(3)10-15;;;;/h5-14H,15H2,1-3H3;4,6-10H,1-3H3;;;;/q2*-1;;;;. The van der Waals surface area contributed by atoms with Crippen molar-refractivity contribution in [2.45, 2.75) is 48.0 Å². The molecule has 0 nitrogen and oxygen atoms in total. The SMILES string of the molecule is Cc1[c-]ccc(-c2ccc(C)c(C)c2)c1.Cc1ccc(-c2ccc(Cc3cc[c-]cc3)c(C)c2)cc1C.[Pm].[Pm].[Pm].[Pm]. The summed E-state index contributed by atoms with van der Waals surface area (Å²) in [5.74, 6) is 0. The van der Waals surface area contributed by atoms with Gasteiger partial charge in [0.15, 0.2) is 0 Å². The van der Waals surface area contributed by atoms with Crippen molar-refractivity contribution in [1.29, 1.82) is 0 Å². The van der Waals surface area contributed by atoms with Crippen LogP contribution >= 0.6 is 0 Å². The molecule has 0 saturated heterocycles. The average molecular weight is 1060 g/mol. The normalized spacial score (nSPS) is 9.51. The molecule has 0 spiro atoms. The van der Waals surface area contributed by atoms with E-state index in [4.69, 9.17) is 0 Å². The first-order valence-corrected chi connectivity index (χ1v) is 13.0. The van der Waals surface area contributed by atoms with Gasteiger partial charge in [-0.25, -0.2) is 0 Å². The van der Waals surface area contributed by atoms with Gasteiger partial charge in [-0.3, -0.25) is 0 Å². The molecule has 5 aromatic carbocycles. The van der Waals surface area contributed by atoms with E-state index < -0.39 is 0 Å². The first kappa shape index (κ1) is 42.5. The summed E-state index contributed by atoms with van der Waals surface area (Å²) in [6, 6.07) is 40.8. The van der Waals surface area contributed by atoms with Gasteiger partial charge in [0, 0.05) is 162 Å². The Kier molecular flexibility index (Phi) is 22.0. The van der Waals surface area contributed by atoms with Crippen molar-refractivity contribution in [2.24, 2.45) is 0 Å². The first-order chi connectivity index (χ1) is 17.8. The summed E-state index contributed by atoms with van der Waals surface area (Å²) in [6.07, 6.45) is 0.980. The van der Waals surface area contributed by atoms with Gasteiger partial charge < -0.3 is 0 Å². The molecule has 4 radical (unpaired) electrons. The second kappa shape index (κ2) is 21.3. The number of hydrogen-bond acceptors (Lipinski definition) is 0. The van der Waals surface area contributed by atoms with E-state index in [1.54, 1.807) is 0 Å². The minimum absolute atomic E-state index is 0. The molecular formula is C37H36Pm4-2. The molecule has 0 saturated carbocycles. The van der Waals surface area contributed by atoms with Crippen LogP contribution in [0, 0.1) is 215 Å². The maximum Gasteiger partial charge on any atom is 0 e. The first-order valence-electron chi connectivity index (χ1n) is 13.0. The molecule has 0 amide bonds. The van der Waals surface area contributed by atoms with Crippen molar-refractivity contribution < 1.29 is 162 Å². The molecule has 0 bridgehead atoms. The second-order valence-electron chi connectivity index (χ2n) is 10.1. The van der Waals surface area contributed by atoms with E-state index in [0.29, 0.717) is 0 Å². The fourth-order valence-electron chi connectivity index (χ4n) is 4.44. The molecule has 0 aliphatic carbocycles. The molecule has 41 heavy (non-hydrogen) atoms. The van der Waals surface area contributed by atoms with E-state index in [1.807, 2.05) is 18.2 Å². The summed E-state index contributed by atoms with van der Waals surface area (Å²) in [6.45, 7) is 12.9. The van der Waals surface area contributed by atoms with Gasteiger partial charge >= 0.3 is 0 Å². The maximum absolute atomic E-state index is 3.17. The van der Waals surface area contributed by atoms with E-state index in [-0.39, 0.29) is 162 Å². The monoisotopic (exact) mass is 1060 g/mol. The van der Waals surface area contributed by atoms with Gasteiger partial charge in [-0.1, -0.05) is 61.5 Å². The quantitative estimate of drug-likeness (QED) is 0.158. The number of benzene rings is 5. The maximum atomic E-state index is 3.17. The topological polar surface area (TPSA) is 0 Å². The van der Waals surface area contributed by atoms with Crippen molar-refractivity contribution in [3.05, 3.63) is 154 Å². The molecule has 0 N–H and O–H groups in total. The number of rotatable bonds is 4. The van der Waals surface area contributed by atoms with E-state index in [1.165, 1.54) is 66.8 Å². The molecule has 0 unspecified atom stereocenters. The van der Waals surface area contributed by atoms with Crippen molar-refractivity contribution in [1.82, 2.24) is 0 Å². The molecule has 4 heteroatoms. The molecule has 0 fully saturated rings. The Morgan fingerprint density at radius 1 is 0.439 bits per heavy atom. The largest absolute Gasteiger partial charge is 0.184 e. The van der Waals surface area contributed by atoms with Crippen LogP contribution in [0.25, 0.3) is 22.3 Å². The van der Waals surface area contributed by atoms with E-state index >= 15 is 0 Å². The summed E-state index contributed by atoms with van der Waals surface area (Å²) in [4.78, 5) is 0. The number of aryl methyl sites for hydroxylation is 6. The zero-order valence-electron chi connectivity index (χ0n) is 24.7. The van der Waals surface area contributed by atoms with Gasteiger partial charge in [-0.2, -0.15) is 65.7 Å². The van der Waals surface area contributed by atoms with Crippen LogP contribution in [0.1, 0.15) is 44.5 Å². The molecular weight excluding hydrogens is 1020 g/mol. The fourth-order valence-corrected chi connectivity index (χ4v) is 4.44. The fraction of sp³-hybridized carbons (Fsp3) is 0.189. The van der Waals surface area contributed by atoms with Crippen molar-refractivity contribution in [3.8, 4) is 22.3 Å². The predicted octanol–water partition coefficient (Wildman–Crippen LogP) is 9.75. The Balaban J connectivity index is 0.000000751.